The van der Waals surface area contributed by atoms with Crippen molar-refractivity contribution in [3.05, 3.63) is 0 Å². The van der Waals surface area contributed by atoms with Crippen LogP contribution in [-0.4, -0.2) is 37.6 Å². The minimum Gasteiger partial charge on any atom is -0.314 e. The standard InChI is InChI=1S/C14H28N2/c1-3-12-4-6-14(7-5-12)15-10-13-8-9-16(2)11-13/h12-15H,3-11H2,1-2H3. The highest BCUT2D eigenvalue weighted by Crippen LogP contribution is 2.26. The summed E-state index contributed by atoms with van der Waals surface area (Å²) >= 11 is 0. The van der Waals surface area contributed by atoms with Crippen LogP contribution in [0.15, 0.2) is 0 Å². The van der Waals surface area contributed by atoms with Crippen LogP contribution in [0.3, 0.4) is 0 Å². The highest BCUT2D eigenvalue weighted by molar-refractivity contribution is 4.80. The quantitative estimate of drug-likeness (QED) is 0.789. The fourth-order valence-corrected chi connectivity index (χ4v) is 3.30. The average molecular weight is 224 g/mol. The van der Waals surface area contributed by atoms with E-state index < -0.39 is 0 Å². The van der Waals surface area contributed by atoms with Gasteiger partial charge in [0.2, 0.25) is 0 Å². The summed E-state index contributed by atoms with van der Waals surface area (Å²) in [6, 6.07) is 0.828. The van der Waals surface area contributed by atoms with Gasteiger partial charge in [-0.2, -0.15) is 0 Å². The number of likely N-dealkylation sites (tertiary alicyclic amines) is 1. The van der Waals surface area contributed by atoms with Gasteiger partial charge in [-0.3, -0.25) is 0 Å². The van der Waals surface area contributed by atoms with Crippen molar-refractivity contribution in [2.24, 2.45) is 11.8 Å². The Kier molecular flexibility index (Phi) is 4.66. The molecule has 94 valence electrons. The van der Waals surface area contributed by atoms with Crippen molar-refractivity contribution in [1.82, 2.24) is 10.2 Å². The lowest BCUT2D eigenvalue weighted by Gasteiger charge is -2.29. The topological polar surface area (TPSA) is 15.3 Å². The monoisotopic (exact) mass is 224 g/mol. The van der Waals surface area contributed by atoms with Gasteiger partial charge in [0, 0.05) is 12.6 Å². The van der Waals surface area contributed by atoms with E-state index in [0.717, 1.165) is 17.9 Å². The van der Waals surface area contributed by atoms with E-state index in [1.807, 2.05) is 0 Å². The maximum absolute atomic E-state index is 3.80. The lowest BCUT2D eigenvalue weighted by molar-refractivity contribution is 0.275. The predicted octanol–water partition coefficient (Wildman–Crippen LogP) is 2.50. The second kappa shape index (κ2) is 6.02. The zero-order valence-corrected chi connectivity index (χ0v) is 11.0. The van der Waals surface area contributed by atoms with E-state index in [0.29, 0.717) is 0 Å². The molecule has 1 saturated heterocycles. The van der Waals surface area contributed by atoms with Gasteiger partial charge in [0.25, 0.3) is 0 Å². The van der Waals surface area contributed by atoms with Gasteiger partial charge in [0.15, 0.2) is 0 Å². The average Bonchev–Trinajstić information content (AvgIpc) is 2.73. The van der Waals surface area contributed by atoms with E-state index in [9.17, 15) is 0 Å². The van der Waals surface area contributed by atoms with Crippen LogP contribution in [0.25, 0.3) is 0 Å². The third kappa shape index (κ3) is 3.46. The molecule has 1 N–H and O–H groups in total. The Balaban J connectivity index is 1.60. The van der Waals surface area contributed by atoms with Crippen molar-refractivity contribution in [3.8, 4) is 0 Å². The molecular weight excluding hydrogens is 196 g/mol. The van der Waals surface area contributed by atoms with Crippen LogP contribution in [0.1, 0.15) is 45.4 Å². The fraction of sp³-hybridized carbons (Fsp3) is 1.00. The Morgan fingerprint density at radius 1 is 1.06 bits per heavy atom. The molecule has 0 radical (unpaired) electrons. The Hall–Kier alpha value is -0.0800. The van der Waals surface area contributed by atoms with Crippen LogP contribution in [0, 0.1) is 11.8 Å². The smallest absolute Gasteiger partial charge is 0.00673 e. The van der Waals surface area contributed by atoms with Crippen LogP contribution >= 0.6 is 0 Å². The molecule has 1 heterocycles. The maximum atomic E-state index is 3.80. The van der Waals surface area contributed by atoms with Crippen LogP contribution < -0.4 is 5.32 Å². The SMILES string of the molecule is CCC1CCC(NCC2CCN(C)C2)CC1. The molecule has 1 saturated carbocycles. The molecule has 1 aliphatic carbocycles. The van der Waals surface area contributed by atoms with Crippen LogP contribution in [0.4, 0.5) is 0 Å². The maximum Gasteiger partial charge on any atom is 0.00673 e. The van der Waals surface area contributed by atoms with E-state index in [4.69, 9.17) is 0 Å². The number of hydrogen-bond donors (Lipinski definition) is 1. The van der Waals surface area contributed by atoms with Gasteiger partial charge in [0.05, 0.1) is 0 Å². The lowest BCUT2D eigenvalue weighted by atomic mass is 9.84. The normalized spacial score (nSPS) is 36.8. The lowest BCUT2D eigenvalue weighted by Crippen LogP contribution is -2.36. The van der Waals surface area contributed by atoms with Gasteiger partial charge in [-0.05, 0) is 64.1 Å². The van der Waals surface area contributed by atoms with Crippen molar-refractivity contribution >= 4 is 0 Å². The number of nitrogens with one attached hydrogen (secondary N) is 1. The summed E-state index contributed by atoms with van der Waals surface area (Å²) in [6.45, 7) is 6.20. The molecule has 2 fully saturated rings. The highest BCUT2D eigenvalue weighted by atomic mass is 15.1. The summed E-state index contributed by atoms with van der Waals surface area (Å²) in [7, 11) is 2.24. The van der Waals surface area contributed by atoms with Crippen molar-refractivity contribution in [1.29, 1.82) is 0 Å². The van der Waals surface area contributed by atoms with Crippen LogP contribution in [-0.2, 0) is 0 Å². The van der Waals surface area contributed by atoms with Gasteiger partial charge in [-0.1, -0.05) is 13.3 Å². The molecule has 0 aromatic carbocycles. The van der Waals surface area contributed by atoms with Gasteiger partial charge in [-0.25, -0.2) is 0 Å². The first kappa shape index (κ1) is 12.4. The van der Waals surface area contributed by atoms with Gasteiger partial charge in [-0.15, -0.1) is 0 Å². The van der Waals surface area contributed by atoms with E-state index in [1.54, 1.807) is 0 Å². The Morgan fingerprint density at radius 3 is 2.38 bits per heavy atom. The zero-order valence-electron chi connectivity index (χ0n) is 11.0. The molecular formula is C14H28N2. The third-order valence-electron chi connectivity index (χ3n) is 4.61. The molecule has 1 unspecified atom stereocenters. The molecule has 0 amide bonds. The molecule has 0 aromatic heterocycles. The summed E-state index contributed by atoms with van der Waals surface area (Å²) in [5.41, 5.74) is 0. The molecule has 16 heavy (non-hydrogen) atoms. The Morgan fingerprint density at radius 2 is 1.81 bits per heavy atom. The summed E-state index contributed by atoms with van der Waals surface area (Å²) < 4.78 is 0. The largest absolute Gasteiger partial charge is 0.314 e. The summed E-state index contributed by atoms with van der Waals surface area (Å²) in [6.07, 6.45) is 8.54. The minimum atomic E-state index is 0.828. The molecule has 2 heteroatoms. The first-order valence-electron chi connectivity index (χ1n) is 7.19. The molecule has 1 aliphatic heterocycles. The van der Waals surface area contributed by atoms with Crippen LogP contribution in [0.2, 0.25) is 0 Å². The van der Waals surface area contributed by atoms with E-state index in [1.165, 1.54) is 58.2 Å². The van der Waals surface area contributed by atoms with Crippen LogP contribution in [0.5, 0.6) is 0 Å². The molecule has 2 rings (SSSR count). The molecule has 1 atom stereocenters. The second-order valence-corrected chi connectivity index (χ2v) is 5.95. The van der Waals surface area contributed by atoms with E-state index in [2.05, 4.69) is 24.2 Å². The predicted molar refractivity (Wildman–Crippen MR) is 69.6 cm³/mol. The Labute approximate surface area is 101 Å². The summed E-state index contributed by atoms with van der Waals surface area (Å²) in [5, 5.41) is 3.80. The number of hydrogen-bond acceptors (Lipinski definition) is 2. The van der Waals surface area contributed by atoms with E-state index >= 15 is 0 Å². The van der Waals surface area contributed by atoms with Crippen molar-refractivity contribution < 1.29 is 0 Å². The highest BCUT2D eigenvalue weighted by Gasteiger charge is 2.23. The molecule has 0 spiro atoms. The van der Waals surface area contributed by atoms with Gasteiger partial charge in [0.1, 0.15) is 0 Å². The first-order chi connectivity index (χ1) is 7.78. The Bertz CT molecular complexity index is 197. The molecule has 0 bridgehead atoms. The minimum absolute atomic E-state index is 0.828. The fourth-order valence-electron chi connectivity index (χ4n) is 3.30. The van der Waals surface area contributed by atoms with Gasteiger partial charge < -0.3 is 10.2 Å². The van der Waals surface area contributed by atoms with Crippen molar-refractivity contribution in [2.45, 2.75) is 51.5 Å². The first-order valence-corrected chi connectivity index (χ1v) is 7.19. The number of nitrogens with zero attached hydrogens (tertiary/aromatic N) is 1. The zero-order chi connectivity index (χ0) is 11.4. The number of rotatable bonds is 4. The second-order valence-electron chi connectivity index (χ2n) is 5.95. The molecule has 2 nitrogen and oxygen atoms in total. The van der Waals surface area contributed by atoms with Gasteiger partial charge >= 0.3 is 0 Å². The van der Waals surface area contributed by atoms with E-state index in [-0.39, 0.29) is 0 Å². The van der Waals surface area contributed by atoms with Crippen molar-refractivity contribution in [2.75, 3.05) is 26.7 Å². The third-order valence-corrected chi connectivity index (χ3v) is 4.61. The molecule has 2 aliphatic rings. The van der Waals surface area contributed by atoms with Crippen molar-refractivity contribution in [3.63, 3.8) is 0 Å². The summed E-state index contributed by atoms with van der Waals surface area (Å²) in [5.74, 6) is 1.93. The summed E-state index contributed by atoms with van der Waals surface area (Å²) in [4.78, 5) is 2.46. The molecule has 0 aromatic rings.